The van der Waals surface area contributed by atoms with Gasteiger partial charge in [0.15, 0.2) is 0 Å². The number of hydrogen-bond acceptors (Lipinski definition) is 4. The van der Waals surface area contributed by atoms with Crippen LogP contribution in [0.15, 0.2) is 52.5 Å². The summed E-state index contributed by atoms with van der Waals surface area (Å²) in [7, 11) is -4.67. The lowest BCUT2D eigenvalue weighted by Crippen LogP contribution is -2.22. The van der Waals surface area contributed by atoms with E-state index < -0.39 is 13.9 Å². The van der Waals surface area contributed by atoms with Crippen molar-refractivity contribution in [2.24, 2.45) is 4.76 Å². The van der Waals surface area contributed by atoms with E-state index in [0.29, 0.717) is 5.56 Å². The van der Waals surface area contributed by atoms with Crippen LogP contribution in [0.5, 0.6) is 5.75 Å². The summed E-state index contributed by atoms with van der Waals surface area (Å²) in [5, 5.41) is 29.2. The molecule has 8 heteroatoms. The van der Waals surface area contributed by atoms with Crippen molar-refractivity contribution in [2.75, 3.05) is 0 Å². The highest BCUT2D eigenvalue weighted by molar-refractivity contribution is 7.50. The fourth-order valence-electron chi connectivity index (χ4n) is 2.19. The average Bonchev–Trinajstić information content (AvgIpc) is 2.36. The standard InChI is InChI=1S/C14H16NO6P/c16-10-3-1-2-9(6-10)7-14(18)12-5-4-11(17)8-13(12)15-22(19,20)21/h1-6,14,16-18H,7-8H2,(H2,19,20,21). The first kappa shape index (κ1) is 16.5. The molecule has 0 saturated heterocycles. The molecule has 1 aromatic rings. The molecule has 22 heavy (non-hydrogen) atoms. The predicted octanol–water partition coefficient (Wildman–Crippen LogP) is 1.60. The minimum Gasteiger partial charge on any atom is -0.512 e. The van der Waals surface area contributed by atoms with Crippen molar-refractivity contribution in [3.63, 3.8) is 0 Å². The molecule has 0 radical (unpaired) electrons. The fraction of sp³-hybridized carbons (Fsp3) is 0.214. The molecule has 0 spiro atoms. The summed E-state index contributed by atoms with van der Waals surface area (Å²) in [6.07, 6.45) is 1.63. The summed E-state index contributed by atoms with van der Waals surface area (Å²) >= 11 is 0. The Labute approximate surface area is 126 Å². The van der Waals surface area contributed by atoms with Crippen molar-refractivity contribution in [1.29, 1.82) is 0 Å². The third-order valence-corrected chi connectivity index (χ3v) is 3.59. The molecule has 1 atom stereocenters. The number of benzene rings is 1. The molecule has 5 N–H and O–H groups in total. The van der Waals surface area contributed by atoms with E-state index in [2.05, 4.69) is 4.76 Å². The molecule has 0 aliphatic heterocycles. The summed E-state index contributed by atoms with van der Waals surface area (Å²) in [6, 6.07) is 6.32. The second kappa shape index (κ2) is 6.46. The van der Waals surface area contributed by atoms with Crippen molar-refractivity contribution in [3.8, 4) is 5.75 Å². The molecular formula is C14H16NO6P. The highest BCUT2D eigenvalue weighted by atomic mass is 31.2. The van der Waals surface area contributed by atoms with Gasteiger partial charge in [-0.2, -0.15) is 4.76 Å². The molecule has 1 aliphatic rings. The Morgan fingerprint density at radius 1 is 1.23 bits per heavy atom. The third kappa shape index (κ3) is 4.54. The van der Waals surface area contributed by atoms with E-state index >= 15 is 0 Å². The summed E-state index contributed by atoms with van der Waals surface area (Å²) in [5.74, 6) is -0.0375. The van der Waals surface area contributed by atoms with Crippen LogP contribution in [0.1, 0.15) is 12.0 Å². The largest absolute Gasteiger partial charge is 0.512 e. The first-order valence-corrected chi connectivity index (χ1v) is 8.02. The van der Waals surface area contributed by atoms with E-state index in [0.717, 1.165) is 0 Å². The molecule has 0 saturated carbocycles. The van der Waals surface area contributed by atoms with E-state index in [9.17, 15) is 19.9 Å². The van der Waals surface area contributed by atoms with Gasteiger partial charge in [-0.25, -0.2) is 4.57 Å². The summed E-state index contributed by atoms with van der Waals surface area (Å²) in [4.78, 5) is 17.9. The molecule has 118 valence electrons. The van der Waals surface area contributed by atoms with Crippen LogP contribution < -0.4 is 0 Å². The molecule has 0 bridgehead atoms. The maximum absolute atomic E-state index is 11.0. The second-order valence-corrected chi connectivity index (χ2v) is 6.13. The molecule has 0 fully saturated rings. The zero-order valence-electron chi connectivity index (χ0n) is 11.5. The summed E-state index contributed by atoms with van der Waals surface area (Å²) < 4.78 is 14.3. The second-order valence-electron chi connectivity index (χ2n) is 4.91. The smallest absolute Gasteiger partial charge is 0.448 e. The summed E-state index contributed by atoms with van der Waals surface area (Å²) in [5.41, 5.74) is 0.827. The number of aromatic hydroxyl groups is 1. The molecule has 7 nitrogen and oxygen atoms in total. The Balaban J connectivity index is 2.27. The number of hydrogen-bond donors (Lipinski definition) is 5. The van der Waals surface area contributed by atoms with Gasteiger partial charge >= 0.3 is 7.75 Å². The number of rotatable bonds is 4. The van der Waals surface area contributed by atoms with Gasteiger partial charge in [0.2, 0.25) is 0 Å². The topological polar surface area (TPSA) is 131 Å². The number of nitrogens with zero attached hydrogens (tertiary/aromatic N) is 1. The molecule has 0 aromatic heterocycles. The van der Waals surface area contributed by atoms with E-state index in [1.54, 1.807) is 12.1 Å². The highest BCUT2D eigenvalue weighted by Crippen LogP contribution is 2.38. The Kier molecular flexibility index (Phi) is 4.83. The number of phenols is 1. The van der Waals surface area contributed by atoms with Gasteiger partial charge in [0, 0.05) is 18.4 Å². The van der Waals surface area contributed by atoms with E-state index in [1.165, 1.54) is 24.3 Å². The van der Waals surface area contributed by atoms with Gasteiger partial charge < -0.3 is 25.1 Å². The van der Waals surface area contributed by atoms with Crippen molar-refractivity contribution >= 4 is 13.5 Å². The quantitative estimate of drug-likeness (QED) is 0.534. The first-order valence-electron chi connectivity index (χ1n) is 6.45. The Hall–Kier alpha value is -1.92. The van der Waals surface area contributed by atoms with Crippen molar-refractivity contribution < 1.29 is 29.7 Å². The van der Waals surface area contributed by atoms with Crippen LogP contribution in [0.4, 0.5) is 0 Å². The molecule has 1 unspecified atom stereocenters. The van der Waals surface area contributed by atoms with Gasteiger partial charge in [0.25, 0.3) is 0 Å². The lowest BCUT2D eigenvalue weighted by molar-refractivity contribution is 0.216. The lowest BCUT2D eigenvalue weighted by Gasteiger charge is -2.20. The average molecular weight is 325 g/mol. The van der Waals surface area contributed by atoms with Gasteiger partial charge in [0.1, 0.15) is 5.75 Å². The Morgan fingerprint density at radius 3 is 2.59 bits per heavy atom. The van der Waals surface area contributed by atoms with Crippen LogP contribution in [-0.4, -0.2) is 36.9 Å². The Bertz CT molecular complexity index is 703. The molecule has 0 amide bonds. The van der Waals surface area contributed by atoms with Crippen LogP contribution in [0.25, 0.3) is 0 Å². The first-order chi connectivity index (χ1) is 10.2. The minimum absolute atomic E-state index is 0.0546. The van der Waals surface area contributed by atoms with Crippen LogP contribution in [0, 0.1) is 0 Å². The SMILES string of the molecule is O=P(O)(O)N=C1CC(O)=CC=C1C(O)Cc1cccc(O)c1. The molecule has 1 aromatic carbocycles. The van der Waals surface area contributed by atoms with Crippen LogP contribution in [0.2, 0.25) is 0 Å². The summed E-state index contributed by atoms with van der Waals surface area (Å²) in [6.45, 7) is 0. The monoisotopic (exact) mass is 325 g/mol. The maximum atomic E-state index is 11.0. The Morgan fingerprint density at radius 2 is 1.95 bits per heavy atom. The van der Waals surface area contributed by atoms with E-state index in [-0.39, 0.29) is 35.6 Å². The van der Waals surface area contributed by atoms with Gasteiger partial charge in [-0.15, -0.1) is 0 Å². The number of aliphatic hydroxyl groups is 2. The van der Waals surface area contributed by atoms with Gasteiger partial charge in [-0.3, -0.25) is 0 Å². The fourth-order valence-corrected chi connectivity index (χ4v) is 2.69. The maximum Gasteiger partial charge on any atom is 0.448 e. The van der Waals surface area contributed by atoms with E-state index in [4.69, 9.17) is 9.79 Å². The number of allylic oxidation sites excluding steroid dienone is 3. The predicted molar refractivity (Wildman–Crippen MR) is 80.7 cm³/mol. The third-order valence-electron chi connectivity index (χ3n) is 3.09. The van der Waals surface area contributed by atoms with Gasteiger partial charge in [-0.05, 0) is 23.8 Å². The zero-order valence-corrected chi connectivity index (χ0v) is 12.4. The number of aliphatic hydroxyl groups excluding tert-OH is 2. The molecular weight excluding hydrogens is 309 g/mol. The van der Waals surface area contributed by atoms with Crippen molar-refractivity contribution in [1.82, 2.24) is 0 Å². The van der Waals surface area contributed by atoms with Crippen molar-refractivity contribution in [3.05, 3.63) is 53.3 Å². The van der Waals surface area contributed by atoms with Crippen LogP contribution in [0.3, 0.4) is 0 Å². The highest BCUT2D eigenvalue weighted by Gasteiger charge is 2.24. The molecule has 1 aliphatic carbocycles. The zero-order chi connectivity index (χ0) is 16.3. The van der Waals surface area contributed by atoms with Crippen LogP contribution in [-0.2, 0) is 11.0 Å². The normalized spacial score (nSPS) is 18.8. The van der Waals surface area contributed by atoms with E-state index in [1.807, 2.05) is 0 Å². The van der Waals surface area contributed by atoms with Crippen LogP contribution >= 0.6 is 7.75 Å². The van der Waals surface area contributed by atoms with Gasteiger partial charge in [0.05, 0.1) is 17.6 Å². The lowest BCUT2D eigenvalue weighted by atomic mass is 9.93. The van der Waals surface area contributed by atoms with Gasteiger partial charge in [-0.1, -0.05) is 18.2 Å². The molecule has 2 rings (SSSR count). The minimum atomic E-state index is -4.67. The van der Waals surface area contributed by atoms with Crippen molar-refractivity contribution in [2.45, 2.75) is 18.9 Å². The molecule has 0 heterocycles. The number of phenolic OH excluding ortho intramolecular Hbond substituents is 1.